The molecule has 1 aliphatic heterocycles. The number of morpholine rings is 1. The van der Waals surface area contributed by atoms with Crippen LogP contribution in [-0.4, -0.2) is 67.1 Å². The summed E-state index contributed by atoms with van der Waals surface area (Å²) in [7, 11) is 0. The van der Waals surface area contributed by atoms with E-state index in [9.17, 15) is 22.8 Å². The predicted molar refractivity (Wildman–Crippen MR) is 55.4 cm³/mol. The first-order valence-corrected chi connectivity index (χ1v) is 5.53. The van der Waals surface area contributed by atoms with Gasteiger partial charge in [0.05, 0.1) is 25.7 Å². The molecule has 1 heterocycles. The van der Waals surface area contributed by atoms with Gasteiger partial charge in [-0.15, -0.1) is 0 Å². The number of ether oxygens (including phenoxy) is 2. The van der Waals surface area contributed by atoms with Crippen LogP contribution in [-0.2, 0) is 19.1 Å². The number of carbonyl (C=O) groups is 2. The highest BCUT2D eigenvalue weighted by Crippen LogP contribution is 2.15. The third kappa shape index (κ3) is 5.88. The summed E-state index contributed by atoms with van der Waals surface area (Å²) in [5.41, 5.74) is 0. The fraction of sp³-hybridized carbons (Fsp3) is 0.800. The van der Waals surface area contributed by atoms with E-state index in [4.69, 9.17) is 9.84 Å². The van der Waals surface area contributed by atoms with E-state index in [1.54, 1.807) is 0 Å². The second kappa shape index (κ2) is 6.71. The van der Waals surface area contributed by atoms with Gasteiger partial charge in [0.15, 0.2) is 0 Å². The minimum atomic E-state index is -4.49. The fourth-order valence-corrected chi connectivity index (χ4v) is 1.69. The van der Waals surface area contributed by atoms with Crippen LogP contribution >= 0.6 is 0 Å². The molecule has 1 N–H and O–H groups in total. The summed E-state index contributed by atoms with van der Waals surface area (Å²) >= 11 is 0. The number of rotatable bonds is 5. The Morgan fingerprint density at radius 2 is 2.11 bits per heavy atom. The number of hydrogen-bond acceptors (Lipinski definition) is 4. The van der Waals surface area contributed by atoms with Crippen LogP contribution < -0.4 is 0 Å². The molecule has 110 valence electrons. The zero-order chi connectivity index (χ0) is 14.5. The Hall–Kier alpha value is -1.35. The van der Waals surface area contributed by atoms with Crippen molar-refractivity contribution in [2.24, 2.45) is 0 Å². The molecule has 0 aromatic heterocycles. The summed E-state index contributed by atoms with van der Waals surface area (Å²) in [6.07, 6.45) is -4.81. The molecule has 0 radical (unpaired) electrons. The van der Waals surface area contributed by atoms with Crippen LogP contribution in [0, 0.1) is 0 Å². The van der Waals surface area contributed by atoms with Gasteiger partial charge in [0, 0.05) is 6.54 Å². The maximum atomic E-state index is 11.8. The van der Waals surface area contributed by atoms with Gasteiger partial charge in [0.2, 0.25) is 5.91 Å². The fourth-order valence-electron chi connectivity index (χ4n) is 1.69. The second-order valence-corrected chi connectivity index (χ2v) is 4.02. The van der Waals surface area contributed by atoms with E-state index >= 15 is 0 Å². The topological polar surface area (TPSA) is 76.1 Å². The molecule has 0 saturated carbocycles. The normalized spacial score (nSPS) is 20.4. The van der Waals surface area contributed by atoms with Crippen molar-refractivity contribution in [3.63, 3.8) is 0 Å². The Balaban J connectivity index is 2.45. The Morgan fingerprint density at radius 1 is 1.42 bits per heavy atom. The van der Waals surface area contributed by atoms with Gasteiger partial charge in [-0.3, -0.25) is 9.59 Å². The van der Waals surface area contributed by atoms with E-state index in [1.165, 1.54) is 4.90 Å². The van der Waals surface area contributed by atoms with Crippen molar-refractivity contribution >= 4 is 11.9 Å². The SMILES string of the molecule is O=C(O)CC1COCCN1C(=O)COCC(F)(F)F. The number of carboxylic acids is 1. The molecule has 0 aliphatic carbocycles. The van der Waals surface area contributed by atoms with Crippen LogP contribution in [0.4, 0.5) is 13.2 Å². The Kier molecular flexibility index (Phi) is 5.55. The van der Waals surface area contributed by atoms with Crippen molar-refractivity contribution in [1.82, 2.24) is 4.90 Å². The minimum Gasteiger partial charge on any atom is -0.481 e. The van der Waals surface area contributed by atoms with Crippen LogP contribution in [0.25, 0.3) is 0 Å². The van der Waals surface area contributed by atoms with E-state index in [-0.39, 0.29) is 26.2 Å². The number of carboxylic acid groups (broad SMARTS) is 1. The summed E-state index contributed by atoms with van der Waals surface area (Å²) in [6, 6.07) is -0.673. The van der Waals surface area contributed by atoms with Gasteiger partial charge < -0.3 is 19.5 Å². The second-order valence-electron chi connectivity index (χ2n) is 4.02. The first-order valence-electron chi connectivity index (χ1n) is 5.53. The quantitative estimate of drug-likeness (QED) is 0.784. The van der Waals surface area contributed by atoms with Gasteiger partial charge in [-0.2, -0.15) is 13.2 Å². The zero-order valence-corrected chi connectivity index (χ0v) is 9.98. The molecule has 0 bridgehead atoms. The molecule has 1 aliphatic rings. The third-order valence-corrected chi connectivity index (χ3v) is 2.45. The Labute approximate surface area is 107 Å². The van der Waals surface area contributed by atoms with Crippen molar-refractivity contribution in [2.45, 2.75) is 18.6 Å². The summed E-state index contributed by atoms with van der Waals surface area (Å²) < 4.78 is 44.9. The Morgan fingerprint density at radius 3 is 2.68 bits per heavy atom. The van der Waals surface area contributed by atoms with E-state index in [0.717, 1.165) is 0 Å². The third-order valence-electron chi connectivity index (χ3n) is 2.45. The number of nitrogens with zero attached hydrogens (tertiary/aromatic N) is 1. The molecule has 1 saturated heterocycles. The van der Waals surface area contributed by atoms with Crippen LogP contribution in [0.2, 0.25) is 0 Å². The summed E-state index contributed by atoms with van der Waals surface area (Å²) in [6.45, 7) is -1.81. The van der Waals surface area contributed by atoms with Crippen molar-refractivity contribution in [1.29, 1.82) is 0 Å². The molecule has 1 unspecified atom stereocenters. The number of hydrogen-bond donors (Lipinski definition) is 1. The summed E-state index contributed by atoms with van der Waals surface area (Å²) in [5.74, 6) is -1.77. The molecule has 0 aromatic carbocycles. The monoisotopic (exact) mass is 285 g/mol. The lowest BCUT2D eigenvalue weighted by Gasteiger charge is -2.34. The van der Waals surface area contributed by atoms with Gasteiger partial charge in [-0.05, 0) is 0 Å². The molecule has 6 nitrogen and oxygen atoms in total. The van der Waals surface area contributed by atoms with E-state index in [2.05, 4.69) is 4.74 Å². The first kappa shape index (κ1) is 15.7. The molecular formula is C10H14F3NO5. The standard InChI is InChI=1S/C10H14F3NO5/c11-10(12,13)6-19-5-8(15)14-1-2-18-4-7(14)3-9(16)17/h7H,1-6H2,(H,16,17). The maximum Gasteiger partial charge on any atom is 0.411 e. The first-order chi connectivity index (χ1) is 8.79. The lowest BCUT2D eigenvalue weighted by atomic mass is 10.1. The smallest absolute Gasteiger partial charge is 0.411 e. The van der Waals surface area contributed by atoms with Gasteiger partial charge in [-0.1, -0.05) is 0 Å². The molecule has 1 fully saturated rings. The van der Waals surface area contributed by atoms with Gasteiger partial charge >= 0.3 is 12.1 Å². The summed E-state index contributed by atoms with van der Waals surface area (Å²) in [5, 5.41) is 8.67. The lowest BCUT2D eigenvalue weighted by molar-refractivity contribution is -0.179. The zero-order valence-electron chi connectivity index (χ0n) is 9.98. The number of aliphatic carboxylic acids is 1. The van der Waals surface area contributed by atoms with Crippen LogP contribution in [0.3, 0.4) is 0 Å². The molecule has 1 atom stereocenters. The largest absolute Gasteiger partial charge is 0.481 e. The molecule has 9 heteroatoms. The molecular weight excluding hydrogens is 271 g/mol. The number of alkyl halides is 3. The maximum absolute atomic E-state index is 11.8. The van der Waals surface area contributed by atoms with Crippen LogP contribution in [0.5, 0.6) is 0 Å². The highest BCUT2D eigenvalue weighted by Gasteiger charge is 2.31. The molecule has 0 aromatic rings. The highest BCUT2D eigenvalue weighted by molar-refractivity contribution is 5.79. The van der Waals surface area contributed by atoms with Crippen molar-refractivity contribution in [3.8, 4) is 0 Å². The summed E-state index contributed by atoms with van der Waals surface area (Å²) in [4.78, 5) is 23.5. The Bertz CT molecular complexity index is 334. The number of carbonyl (C=O) groups excluding carboxylic acids is 1. The number of halogens is 3. The van der Waals surface area contributed by atoms with E-state index < -0.39 is 37.3 Å². The van der Waals surface area contributed by atoms with Crippen LogP contribution in [0.15, 0.2) is 0 Å². The van der Waals surface area contributed by atoms with E-state index in [1.807, 2.05) is 0 Å². The van der Waals surface area contributed by atoms with Gasteiger partial charge in [0.25, 0.3) is 0 Å². The minimum absolute atomic E-state index is 0.0529. The average molecular weight is 285 g/mol. The predicted octanol–water partition coefficient (Wildman–Crippen LogP) is 0.267. The highest BCUT2D eigenvalue weighted by atomic mass is 19.4. The molecule has 0 spiro atoms. The van der Waals surface area contributed by atoms with Crippen LogP contribution in [0.1, 0.15) is 6.42 Å². The van der Waals surface area contributed by atoms with Gasteiger partial charge in [-0.25, -0.2) is 0 Å². The van der Waals surface area contributed by atoms with Crippen molar-refractivity contribution in [3.05, 3.63) is 0 Å². The average Bonchev–Trinajstić information content (AvgIpc) is 2.27. The van der Waals surface area contributed by atoms with Gasteiger partial charge in [0.1, 0.15) is 13.2 Å². The number of amides is 1. The van der Waals surface area contributed by atoms with E-state index in [0.29, 0.717) is 0 Å². The molecule has 1 rings (SSSR count). The van der Waals surface area contributed by atoms with Crippen molar-refractivity contribution < 1.29 is 37.3 Å². The molecule has 1 amide bonds. The molecule has 19 heavy (non-hydrogen) atoms. The van der Waals surface area contributed by atoms with Crippen molar-refractivity contribution in [2.75, 3.05) is 33.0 Å². The lowest BCUT2D eigenvalue weighted by Crippen LogP contribution is -2.50.